The molecule has 1 aliphatic carbocycles. The molecule has 0 atom stereocenters. The molecule has 31 heavy (non-hydrogen) atoms. The van der Waals surface area contributed by atoms with Crippen molar-refractivity contribution in [1.82, 2.24) is 9.88 Å². The van der Waals surface area contributed by atoms with Crippen LogP contribution in [0, 0.1) is 5.92 Å². The molecule has 1 heterocycles. The van der Waals surface area contributed by atoms with Crippen LogP contribution in [0.2, 0.25) is 0 Å². The molecule has 2 aromatic carbocycles. The van der Waals surface area contributed by atoms with E-state index in [1.54, 1.807) is 10.6 Å². The van der Waals surface area contributed by atoms with Gasteiger partial charge in [-0.3, -0.25) is 9.59 Å². The van der Waals surface area contributed by atoms with Crippen LogP contribution in [-0.4, -0.2) is 23.6 Å². The van der Waals surface area contributed by atoms with Crippen LogP contribution >= 0.6 is 0 Å². The van der Waals surface area contributed by atoms with Crippen molar-refractivity contribution in [3.63, 3.8) is 0 Å². The number of hydrogen-bond acceptors (Lipinski definition) is 3. The molecule has 1 N–H and O–H groups in total. The molecule has 1 aromatic heterocycles. The Labute approximate surface area is 183 Å². The van der Waals surface area contributed by atoms with Crippen LogP contribution in [0.4, 0.5) is 0 Å². The number of ether oxygens (including phenoxy) is 1. The smallest absolute Gasteiger partial charge is 0.257 e. The number of aryl methyl sites for hydroxylation is 1. The topological polar surface area (TPSA) is 60.3 Å². The number of pyridine rings is 1. The van der Waals surface area contributed by atoms with Crippen LogP contribution < -0.4 is 15.6 Å². The van der Waals surface area contributed by atoms with Gasteiger partial charge in [0, 0.05) is 30.6 Å². The summed E-state index contributed by atoms with van der Waals surface area (Å²) in [5, 5.41) is 3.99. The zero-order valence-corrected chi connectivity index (χ0v) is 18.1. The monoisotopic (exact) mass is 418 g/mol. The molecule has 5 nitrogen and oxygen atoms in total. The van der Waals surface area contributed by atoms with E-state index in [-0.39, 0.29) is 18.1 Å². The molecule has 4 rings (SSSR count). The Hall–Kier alpha value is -3.08. The number of nitrogens with zero attached hydrogens (tertiary/aromatic N) is 1. The van der Waals surface area contributed by atoms with Crippen molar-refractivity contribution in [1.29, 1.82) is 0 Å². The minimum atomic E-state index is -0.100. The van der Waals surface area contributed by atoms with Gasteiger partial charge in [0.05, 0.1) is 5.52 Å². The predicted molar refractivity (Wildman–Crippen MR) is 124 cm³/mol. The van der Waals surface area contributed by atoms with Crippen molar-refractivity contribution in [2.75, 3.05) is 13.2 Å². The number of nitrogens with one attached hydrogen (secondary N) is 1. The summed E-state index contributed by atoms with van der Waals surface area (Å²) in [4.78, 5) is 25.0. The fourth-order valence-electron chi connectivity index (χ4n) is 4.48. The highest BCUT2D eigenvalue weighted by atomic mass is 16.5. The highest BCUT2D eigenvalue weighted by Gasteiger charge is 2.15. The average molecular weight is 419 g/mol. The Kier molecular flexibility index (Phi) is 6.70. The van der Waals surface area contributed by atoms with E-state index in [2.05, 4.69) is 5.32 Å². The molecule has 5 heteroatoms. The lowest BCUT2D eigenvalue weighted by molar-refractivity contribution is -0.123. The largest absolute Gasteiger partial charge is 0.484 e. The minimum Gasteiger partial charge on any atom is -0.484 e. The van der Waals surface area contributed by atoms with E-state index in [1.165, 1.54) is 32.1 Å². The van der Waals surface area contributed by atoms with Gasteiger partial charge in [0.2, 0.25) is 0 Å². The van der Waals surface area contributed by atoms with Crippen LogP contribution in [0.3, 0.4) is 0 Å². The molecule has 0 radical (unpaired) electrons. The van der Waals surface area contributed by atoms with Crippen molar-refractivity contribution < 1.29 is 9.53 Å². The van der Waals surface area contributed by atoms with E-state index >= 15 is 0 Å². The van der Waals surface area contributed by atoms with Gasteiger partial charge in [-0.25, -0.2) is 0 Å². The normalized spacial score (nSPS) is 14.5. The first kappa shape index (κ1) is 21.2. The van der Waals surface area contributed by atoms with Crippen LogP contribution in [-0.2, 0) is 11.3 Å². The molecule has 1 aliphatic rings. The predicted octanol–water partition coefficient (Wildman–Crippen LogP) is 4.76. The van der Waals surface area contributed by atoms with Crippen LogP contribution in [0.1, 0.15) is 39.0 Å². The zero-order chi connectivity index (χ0) is 21.6. The van der Waals surface area contributed by atoms with Gasteiger partial charge in [0.25, 0.3) is 11.5 Å². The number of carbonyl (C=O) groups excluding carboxylic acids is 1. The van der Waals surface area contributed by atoms with Gasteiger partial charge in [-0.15, -0.1) is 0 Å². The lowest BCUT2D eigenvalue weighted by Gasteiger charge is -2.21. The zero-order valence-electron chi connectivity index (χ0n) is 18.1. The summed E-state index contributed by atoms with van der Waals surface area (Å²) in [6.45, 7) is 3.23. The van der Waals surface area contributed by atoms with Crippen molar-refractivity contribution in [2.45, 2.75) is 45.6 Å². The summed E-state index contributed by atoms with van der Waals surface area (Å²) >= 11 is 0. The minimum absolute atomic E-state index is 0.0209. The summed E-state index contributed by atoms with van der Waals surface area (Å²) in [5.41, 5.74) is 2.68. The van der Waals surface area contributed by atoms with Gasteiger partial charge in [0.1, 0.15) is 5.75 Å². The molecule has 0 spiro atoms. The third-order valence-electron chi connectivity index (χ3n) is 6.17. The molecule has 3 aromatic rings. The standard InChI is InChI=1S/C26H30N2O3/c1-2-28-24-15-21(31-18-25(29)27-17-19-9-5-3-6-10-19)13-14-22(24)23(16-26(28)30)20-11-7-4-8-12-20/h4,7-8,11-16,19H,2-3,5-6,9-10,17-18H2,1H3,(H,27,29). The summed E-state index contributed by atoms with van der Waals surface area (Å²) in [7, 11) is 0. The maximum atomic E-state index is 12.7. The van der Waals surface area contributed by atoms with Crippen molar-refractivity contribution in [3.05, 3.63) is 65.0 Å². The number of aromatic nitrogens is 1. The highest BCUT2D eigenvalue weighted by molar-refractivity contribution is 5.95. The molecule has 0 aliphatic heterocycles. The fraction of sp³-hybridized carbons (Fsp3) is 0.385. The first-order valence-corrected chi connectivity index (χ1v) is 11.3. The van der Waals surface area contributed by atoms with Gasteiger partial charge < -0.3 is 14.6 Å². The SMILES string of the molecule is CCn1c(=O)cc(-c2ccccc2)c2ccc(OCC(=O)NCC3CCCCC3)cc21. The molecule has 1 amide bonds. The first-order valence-electron chi connectivity index (χ1n) is 11.3. The number of hydrogen-bond donors (Lipinski definition) is 1. The van der Waals surface area contributed by atoms with Crippen LogP contribution in [0.5, 0.6) is 5.75 Å². The Bertz CT molecular complexity index is 1100. The average Bonchev–Trinajstić information content (AvgIpc) is 2.82. The molecule has 1 fully saturated rings. The fourth-order valence-corrected chi connectivity index (χ4v) is 4.48. The van der Waals surface area contributed by atoms with Crippen LogP contribution in [0.25, 0.3) is 22.0 Å². The summed E-state index contributed by atoms with van der Waals surface area (Å²) < 4.78 is 7.51. The van der Waals surface area contributed by atoms with E-state index in [0.717, 1.165) is 28.6 Å². The maximum Gasteiger partial charge on any atom is 0.257 e. The highest BCUT2D eigenvalue weighted by Crippen LogP contribution is 2.29. The third-order valence-corrected chi connectivity index (χ3v) is 6.17. The summed E-state index contributed by atoms with van der Waals surface area (Å²) in [5.74, 6) is 1.08. The van der Waals surface area contributed by atoms with E-state index in [9.17, 15) is 9.59 Å². The molecule has 0 bridgehead atoms. The van der Waals surface area contributed by atoms with E-state index in [1.807, 2.05) is 55.5 Å². The van der Waals surface area contributed by atoms with E-state index < -0.39 is 0 Å². The maximum absolute atomic E-state index is 12.7. The quantitative estimate of drug-likeness (QED) is 0.602. The Morgan fingerprint density at radius 3 is 2.58 bits per heavy atom. The van der Waals surface area contributed by atoms with Gasteiger partial charge >= 0.3 is 0 Å². The Morgan fingerprint density at radius 2 is 1.84 bits per heavy atom. The second-order valence-electron chi connectivity index (χ2n) is 8.28. The molecule has 162 valence electrons. The van der Waals surface area contributed by atoms with Gasteiger partial charge in [-0.05, 0) is 48.9 Å². The number of amides is 1. The van der Waals surface area contributed by atoms with Crippen molar-refractivity contribution in [2.24, 2.45) is 5.92 Å². The number of carbonyl (C=O) groups is 1. The third kappa shape index (κ3) is 4.98. The molecule has 1 saturated carbocycles. The summed E-state index contributed by atoms with van der Waals surface area (Å²) in [6, 6.07) is 17.3. The van der Waals surface area contributed by atoms with Crippen molar-refractivity contribution in [3.8, 4) is 16.9 Å². The summed E-state index contributed by atoms with van der Waals surface area (Å²) in [6.07, 6.45) is 6.23. The second-order valence-corrected chi connectivity index (χ2v) is 8.28. The Morgan fingerprint density at radius 1 is 1.06 bits per heavy atom. The van der Waals surface area contributed by atoms with Gasteiger partial charge in [-0.2, -0.15) is 0 Å². The molecular formula is C26H30N2O3. The Balaban J connectivity index is 1.51. The number of rotatable bonds is 7. The molecule has 0 saturated heterocycles. The first-order chi connectivity index (χ1) is 15.2. The molecule has 0 unspecified atom stereocenters. The second kappa shape index (κ2) is 9.82. The van der Waals surface area contributed by atoms with Gasteiger partial charge in [0.15, 0.2) is 6.61 Å². The van der Waals surface area contributed by atoms with E-state index in [4.69, 9.17) is 4.74 Å². The van der Waals surface area contributed by atoms with Crippen LogP contribution in [0.15, 0.2) is 59.4 Å². The number of fused-ring (bicyclic) bond motifs is 1. The lowest BCUT2D eigenvalue weighted by Crippen LogP contribution is -2.33. The number of benzene rings is 2. The van der Waals surface area contributed by atoms with E-state index in [0.29, 0.717) is 18.2 Å². The lowest BCUT2D eigenvalue weighted by atomic mass is 9.89. The van der Waals surface area contributed by atoms with Gasteiger partial charge in [-0.1, -0.05) is 49.6 Å². The van der Waals surface area contributed by atoms with Crippen molar-refractivity contribution >= 4 is 16.8 Å². The molecular weight excluding hydrogens is 388 g/mol.